The van der Waals surface area contributed by atoms with E-state index in [1.54, 1.807) is 7.11 Å². The SMILES string of the molecule is CCC(C)CNC(=O)CCCC[n+]1c2ccccc2nc2c(OC)cccc21. The molecule has 0 aliphatic heterocycles. The van der Waals surface area contributed by atoms with Gasteiger partial charge in [-0.2, -0.15) is 4.57 Å². The molecule has 1 N–H and O–H groups in total. The zero-order valence-corrected chi connectivity index (χ0v) is 17.1. The van der Waals surface area contributed by atoms with Gasteiger partial charge in [0.1, 0.15) is 12.1 Å². The molecule has 0 radical (unpaired) electrons. The van der Waals surface area contributed by atoms with Crippen LogP contribution < -0.4 is 14.6 Å². The van der Waals surface area contributed by atoms with Crippen molar-refractivity contribution in [1.82, 2.24) is 10.3 Å². The lowest BCUT2D eigenvalue weighted by molar-refractivity contribution is -0.646. The van der Waals surface area contributed by atoms with Crippen molar-refractivity contribution >= 4 is 28.0 Å². The third-order valence-corrected chi connectivity index (χ3v) is 5.27. The van der Waals surface area contributed by atoms with Crippen LogP contribution in [0.2, 0.25) is 0 Å². The largest absolute Gasteiger partial charge is 0.494 e. The number of methoxy groups -OCH3 is 1. The number of ether oxygens (including phenoxy) is 1. The summed E-state index contributed by atoms with van der Waals surface area (Å²) in [6.07, 6.45) is 3.45. The number of benzene rings is 2. The van der Waals surface area contributed by atoms with Gasteiger partial charge in [0.2, 0.25) is 16.9 Å². The Morgan fingerprint density at radius 2 is 1.93 bits per heavy atom. The molecule has 0 spiro atoms. The van der Waals surface area contributed by atoms with E-state index in [1.807, 2.05) is 30.3 Å². The van der Waals surface area contributed by atoms with Crippen molar-refractivity contribution in [2.75, 3.05) is 13.7 Å². The molecule has 1 atom stereocenters. The monoisotopic (exact) mass is 380 g/mol. The van der Waals surface area contributed by atoms with Gasteiger partial charge in [-0.1, -0.05) is 38.5 Å². The fraction of sp³-hybridized carbons (Fsp3) is 0.435. The van der Waals surface area contributed by atoms with Crippen LogP contribution in [-0.2, 0) is 11.3 Å². The summed E-state index contributed by atoms with van der Waals surface area (Å²) in [6.45, 7) is 5.91. The second-order valence-corrected chi connectivity index (χ2v) is 7.35. The average Bonchev–Trinajstić information content (AvgIpc) is 2.73. The fourth-order valence-electron chi connectivity index (χ4n) is 3.36. The lowest BCUT2D eigenvalue weighted by Crippen LogP contribution is -2.36. The molecule has 3 aromatic rings. The molecule has 148 valence electrons. The summed E-state index contributed by atoms with van der Waals surface area (Å²) in [6, 6.07) is 14.2. The molecule has 0 saturated carbocycles. The summed E-state index contributed by atoms with van der Waals surface area (Å²) in [5, 5.41) is 3.03. The number of hydrogen-bond acceptors (Lipinski definition) is 3. The third kappa shape index (κ3) is 4.58. The Kier molecular flexibility index (Phi) is 6.80. The number of amides is 1. The number of fused-ring (bicyclic) bond motifs is 2. The Morgan fingerprint density at radius 3 is 2.71 bits per heavy atom. The maximum absolute atomic E-state index is 12.0. The Hall–Kier alpha value is -2.69. The first-order valence-electron chi connectivity index (χ1n) is 10.2. The second kappa shape index (κ2) is 9.49. The van der Waals surface area contributed by atoms with E-state index >= 15 is 0 Å². The van der Waals surface area contributed by atoms with Gasteiger partial charge in [0, 0.05) is 31.5 Å². The summed E-state index contributed by atoms with van der Waals surface area (Å²) in [4.78, 5) is 16.8. The molecule has 0 aliphatic carbocycles. The van der Waals surface area contributed by atoms with Crippen molar-refractivity contribution in [2.24, 2.45) is 5.92 Å². The van der Waals surface area contributed by atoms with Gasteiger partial charge in [-0.25, -0.2) is 4.98 Å². The third-order valence-electron chi connectivity index (χ3n) is 5.27. The number of para-hydroxylation sites is 3. The first kappa shape index (κ1) is 20.1. The normalized spacial score (nSPS) is 12.2. The van der Waals surface area contributed by atoms with Crippen molar-refractivity contribution in [2.45, 2.75) is 46.1 Å². The average molecular weight is 381 g/mol. The Morgan fingerprint density at radius 1 is 1.14 bits per heavy atom. The van der Waals surface area contributed by atoms with Crippen LogP contribution in [0.15, 0.2) is 42.5 Å². The van der Waals surface area contributed by atoms with Crippen LogP contribution in [0, 0.1) is 5.92 Å². The Balaban J connectivity index is 1.74. The highest BCUT2D eigenvalue weighted by Gasteiger charge is 2.18. The molecule has 1 amide bonds. The van der Waals surface area contributed by atoms with Crippen molar-refractivity contribution in [3.8, 4) is 5.75 Å². The van der Waals surface area contributed by atoms with Gasteiger partial charge in [-0.3, -0.25) is 4.79 Å². The first-order chi connectivity index (χ1) is 13.6. The zero-order valence-electron chi connectivity index (χ0n) is 17.1. The van der Waals surface area contributed by atoms with E-state index in [-0.39, 0.29) is 5.91 Å². The van der Waals surface area contributed by atoms with E-state index in [9.17, 15) is 4.79 Å². The van der Waals surface area contributed by atoms with E-state index in [2.05, 4.69) is 35.9 Å². The van der Waals surface area contributed by atoms with Gasteiger partial charge in [0.05, 0.1) is 7.11 Å². The first-order valence-corrected chi connectivity index (χ1v) is 10.2. The number of nitrogens with one attached hydrogen (secondary N) is 1. The molecule has 0 saturated heterocycles. The highest BCUT2D eigenvalue weighted by Crippen LogP contribution is 2.23. The highest BCUT2D eigenvalue weighted by molar-refractivity contribution is 5.85. The standard InChI is InChI=1S/C23H29N3O2/c1-4-17(2)16-24-22(27)14-7-8-15-26-19-11-6-5-10-18(19)25-23-20(26)12-9-13-21(23)28-3/h5-6,9-13,17H,4,7-8,14-16H2,1-3H3/p+1. The van der Waals surface area contributed by atoms with Gasteiger partial charge in [0.15, 0.2) is 11.3 Å². The van der Waals surface area contributed by atoms with Crippen molar-refractivity contribution in [3.63, 3.8) is 0 Å². The van der Waals surface area contributed by atoms with Crippen LogP contribution in [0.3, 0.4) is 0 Å². The van der Waals surface area contributed by atoms with Crippen LogP contribution >= 0.6 is 0 Å². The molecular weight excluding hydrogens is 350 g/mol. The molecule has 0 aliphatic rings. The van der Waals surface area contributed by atoms with Crippen molar-refractivity contribution in [3.05, 3.63) is 42.5 Å². The minimum Gasteiger partial charge on any atom is -0.494 e. The fourth-order valence-corrected chi connectivity index (χ4v) is 3.36. The Labute approximate surface area is 166 Å². The van der Waals surface area contributed by atoms with Crippen LogP contribution in [-0.4, -0.2) is 24.5 Å². The predicted octanol–water partition coefficient (Wildman–Crippen LogP) is 4.02. The number of carbonyl (C=O) groups excluding carboxylic acids is 1. The topological polar surface area (TPSA) is 55.1 Å². The van der Waals surface area contributed by atoms with E-state index < -0.39 is 0 Å². The predicted molar refractivity (Wildman–Crippen MR) is 112 cm³/mol. The molecule has 1 unspecified atom stereocenters. The minimum atomic E-state index is 0.149. The van der Waals surface area contributed by atoms with Crippen LogP contribution in [0.25, 0.3) is 22.1 Å². The summed E-state index contributed by atoms with van der Waals surface area (Å²) < 4.78 is 7.80. The number of hydrogen-bond donors (Lipinski definition) is 1. The van der Waals surface area contributed by atoms with Gasteiger partial charge < -0.3 is 10.1 Å². The molecular formula is C23H30N3O2+. The molecule has 1 aromatic heterocycles. The molecule has 1 heterocycles. The van der Waals surface area contributed by atoms with Crippen LogP contribution in [0.5, 0.6) is 5.75 Å². The maximum atomic E-state index is 12.0. The zero-order chi connectivity index (χ0) is 19.9. The molecule has 5 heteroatoms. The summed E-state index contributed by atoms with van der Waals surface area (Å²) >= 11 is 0. The van der Waals surface area contributed by atoms with Gasteiger partial charge >= 0.3 is 0 Å². The van der Waals surface area contributed by atoms with E-state index in [0.717, 1.165) is 60.2 Å². The molecule has 0 fully saturated rings. The summed E-state index contributed by atoms with van der Waals surface area (Å²) in [7, 11) is 1.67. The number of aryl methyl sites for hydroxylation is 1. The van der Waals surface area contributed by atoms with Crippen LogP contribution in [0.1, 0.15) is 39.5 Å². The lowest BCUT2D eigenvalue weighted by Gasteiger charge is -2.10. The van der Waals surface area contributed by atoms with Crippen molar-refractivity contribution in [1.29, 1.82) is 0 Å². The van der Waals surface area contributed by atoms with Gasteiger partial charge in [0.25, 0.3) is 0 Å². The minimum absolute atomic E-state index is 0.149. The van der Waals surface area contributed by atoms with E-state index in [4.69, 9.17) is 9.72 Å². The molecule has 3 rings (SSSR count). The van der Waals surface area contributed by atoms with Crippen molar-refractivity contribution < 1.29 is 14.1 Å². The quantitative estimate of drug-likeness (QED) is 0.347. The van der Waals surface area contributed by atoms with Gasteiger partial charge in [-0.05, 0) is 24.5 Å². The second-order valence-electron chi connectivity index (χ2n) is 7.35. The molecule has 5 nitrogen and oxygen atoms in total. The summed E-state index contributed by atoms with van der Waals surface area (Å²) in [5.41, 5.74) is 3.98. The smallest absolute Gasteiger partial charge is 0.235 e. The number of nitrogens with zero attached hydrogens (tertiary/aromatic N) is 2. The number of carbonyl (C=O) groups is 1. The number of aromatic nitrogens is 2. The van der Waals surface area contributed by atoms with E-state index in [1.165, 1.54) is 0 Å². The van der Waals surface area contributed by atoms with Crippen LogP contribution in [0.4, 0.5) is 0 Å². The Bertz CT molecular complexity index is 955. The lowest BCUT2D eigenvalue weighted by atomic mass is 10.1. The van der Waals surface area contributed by atoms with Gasteiger partial charge in [-0.15, -0.1) is 0 Å². The van der Waals surface area contributed by atoms with E-state index in [0.29, 0.717) is 12.3 Å². The highest BCUT2D eigenvalue weighted by atomic mass is 16.5. The summed E-state index contributed by atoms with van der Waals surface area (Å²) in [5.74, 6) is 1.46. The molecule has 0 bridgehead atoms. The molecule has 2 aromatic carbocycles. The number of rotatable bonds is 9. The maximum Gasteiger partial charge on any atom is 0.235 e. The number of unbranched alkanes of at least 4 members (excludes halogenated alkanes) is 1. The molecule has 28 heavy (non-hydrogen) atoms.